The van der Waals surface area contributed by atoms with Crippen molar-refractivity contribution in [1.29, 1.82) is 0 Å². The van der Waals surface area contributed by atoms with Crippen molar-refractivity contribution in [3.8, 4) is 5.75 Å². The highest BCUT2D eigenvalue weighted by molar-refractivity contribution is 5.76. The van der Waals surface area contributed by atoms with E-state index in [1.165, 1.54) is 18.5 Å². The van der Waals surface area contributed by atoms with Crippen molar-refractivity contribution in [1.82, 2.24) is 4.90 Å². The number of carbonyl (C=O) groups excluding carboxylic acids is 1. The summed E-state index contributed by atoms with van der Waals surface area (Å²) in [5.74, 6) is 1.56. The molecule has 0 radical (unpaired) electrons. The van der Waals surface area contributed by atoms with Crippen molar-refractivity contribution in [3.05, 3.63) is 23.8 Å². The number of hydrogen-bond donors (Lipinski definition) is 0. The largest absolute Gasteiger partial charge is 0.491 e. The maximum atomic E-state index is 12.4. The van der Waals surface area contributed by atoms with Crippen LogP contribution in [0.1, 0.15) is 38.7 Å². The van der Waals surface area contributed by atoms with Crippen LogP contribution in [0.25, 0.3) is 0 Å². The van der Waals surface area contributed by atoms with Crippen LogP contribution < -0.4 is 9.64 Å². The summed E-state index contributed by atoms with van der Waals surface area (Å²) in [7, 11) is 0. The topological polar surface area (TPSA) is 32.8 Å². The molecule has 2 heterocycles. The third kappa shape index (κ3) is 3.37. The van der Waals surface area contributed by atoms with E-state index in [9.17, 15) is 4.79 Å². The fourth-order valence-corrected chi connectivity index (χ4v) is 3.24. The van der Waals surface area contributed by atoms with E-state index in [2.05, 4.69) is 36.9 Å². The average Bonchev–Trinajstić information content (AvgIpc) is 2.92. The molecule has 1 aromatic carbocycles. The Labute approximate surface area is 133 Å². The average molecular weight is 302 g/mol. The number of amides is 1. The maximum Gasteiger partial charge on any atom is 0.223 e. The van der Waals surface area contributed by atoms with Gasteiger partial charge in [0.1, 0.15) is 12.4 Å². The Morgan fingerprint density at radius 3 is 2.73 bits per heavy atom. The first-order chi connectivity index (χ1) is 10.6. The highest BCUT2D eigenvalue weighted by atomic mass is 16.5. The molecule has 22 heavy (non-hydrogen) atoms. The van der Waals surface area contributed by atoms with Crippen LogP contribution in [0.5, 0.6) is 5.75 Å². The van der Waals surface area contributed by atoms with Crippen molar-refractivity contribution in [2.24, 2.45) is 5.92 Å². The van der Waals surface area contributed by atoms with E-state index in [0.717, 1.165) is 24.4 Å². The van der Waals surface area contributed by atoms with Crippen LogP contribution in [0.2, 0.25) is 0 Å². The van der Waals surface area contributed by atoms with Gasteiger partial charge in [-0.25, -0.2) is 0 Å². The second-order valence-corrected chi connectivity index (χ2v) is 6.75. The first-order valence-corrected chi connectivity index (χ1v) is 8.42. The molecular formula is C18H26N2O2. The zero-order valence-corrected chi connectivity index (χ0v) is 13.7. The second-order valence-electron chi connectivity index (χ2n) is 6.75. The molecule has 2 aliphatic heterocycles. The van der Waals surface area contributed by atoms with Gasteiger partial charge < -0.3 is 14.5 Å². The fourth-order valence-electron chi connectivity index (χ4n) is 3.24. The van der Waals surface area contributed by atoms with Crippen LogP contribution in [0, 0.1) is 5.92 Å². The number of hydrogen-bond acceptors (Lipinski definition) is 3. The van der Waals surface area contributed by atoms with Crippen LogP contribution in [-0.4, -0.2) is 37.0 Å². The summed E-state index contributed by atoms with van der Waals surface area (Å²) in [4.78, 5) is 16.7. The lowest BCUT2D eigenvalue weighted by atomic mass is 10.1. The zero-order valence-electron chi connectivity index (χ0n) is 13.7. The predicted molar refractivity (Wildman–Crippen MR) is 88.3 cm³/mol. The van der Waals surface area contributed by atoms with E-state index in [4.69, 9.17) is 4.74 Å². The standard InChI is InChI=1S/C18H26N2O2/c1-14(2)11-18(21)20-9-10-22-17-6-5-16(12-15(17)13-20)19-7-3-4-8-19/h5-6,12,14H,3-4,7-11,13H2,1-2H3. The second kappa shape index (κ2) is 6.59. The molecule has 0 unspecified atom stereocenters. The molecule has 1 amide bonds. The van der Waals surface area contributed by atoms with E-state index < -0.39 is 0 Å². The summed E-state index contributed by atoms with van der Waals surface area (Å²) in [5.41, 5.74) is 2.40. The van der Waals surface area contributed by atoms with Gasteiger partial charge in [0, 0.05) is 37.3 Å². The van der Waals surface area contributed by atoms with Crippen molar-refractivity contribution in [2.75, 3.05) is 31.1 Å². The van der Waals surface area contributed by atoms with Gasteiger partial charge in [0.05, 0.1) is 6.54 Å². The Hall–Kier alpha value is -1.71. The van der Waals surface area contributed by atoms with Crippen molar-refractivity contribution < 1.29 is 9.53 Å². The SMILES string of the molecule is CC(C)CC(=O)N1CCOc2ccc(N3CCCC3)cc2C1. The van der Waals surface area contributed by atoms with Crippen molar-refractivity contribution in [3.63, 3.8) is 0 Å². The van der Waals surface area contributed by atoms with Gasteiger partial charge in [-0.05, 0) is 37.0 Å². The van der Waals surface area contributed by atoms with Gasteiger partial charge in [-0.3, -0.25) is 4.79 Å². The predicted octanol–water partition coefficient (Wildman–Crippen LogP) is 3.05. The number of rotatable bonds is 3. The molecule has 0 N–H and O–H groups in total. The van der Waals surface area contributed by atoms with Gasteiger partial charge in [0.25, 0.3) is 0 Å². The molecule has 0 aromatic heterocycles. The molecule has 0 spiro atoms. The summed E-state index contributed by atoms with van der Waals surface area (Å²) in [6, 6.07) is 6.43. The molecule has 2 aliphatic rings. The Bertz CT molecular complexity index is 536. The highest BCUT2D eigenvalue weighted by Gasteiger charge is 2.22. The molecule has 4 heteroatoms. The van der Waals surface area contributed by atoms with E-state index in [-0.39, 0.29) is 5.91 Å². The first-order valence-electron chi connectivity index (χ1n) is 8.42. The lowest BCUT2D eigenvalue weighted by Crippen LogP contribution is -2.33. The molecule has 0 saturated carbocycles. The number of anilines is 1. The van der Waals surface area contributed by atoms with Gasteiger partial charge in [0.2, 0.25) is 5.91 Å². The summed E-state index contributed by atoms with van der Waals surface area (Å²) < 4.78 is 5.84. The van der Waals surface area contributed by atoms with Crippen LogP contribution >= 0.6 is 0 Å². The number of benzene rings is 1. The van der Waals surface area contributed by atoms with E-state index in [0.29, 0.717) is 32.0 Å². The number of ether oxygens (including phenoxy) is 1. The Morgan fingerprint density at radius 1 is 1.23 bits per heavy atom. The Kier molecular flexibility index (Phi) is 4.55. The Balaban J connectivity index is 1.78. The van der Waals surface area contributed by atoms with Gasteiger partial charge >= 0.3 is 0 Å². The van der Waals surface area contributed by atoms with Gasteiger partial charge in [-0.2, -0.15) is 0 Å². The number of fused-ring (bicyclic) bond motifs is 1. The number of nitrogens with zero attached hydrogens (tertiary/aromatic N) is 2. The molecule has 120 valence electrons. The molecular weight excluding hydrogens is 276 g/mol. The smallest absolute Gasteiger partial charge is 0.223 e. The van der Waals surface area contributed by atoms with E-state index >= 15 is 0 Å². The summed E-state index contributed by atoms with van der Waals surface area (Å²) >= 11 is 0. The van der Waals surface area contributed by atoms with Crippen LogP contribution in [0.15, 0.2) is 18.2 Å². The quantitative estimate of drug-likeness (QED) is 0.860. The molecule has 0 bridgehead atoms. The normalized spacial score (nSPS) is 18.1. The summed E-state index contributed by atoms with van der Waals surface area (Å²) in [5, 5.41) is 0. The molecule has 0 aliphatic carbocycles. The highest BCUT2D eigenvalue weighted by Crippen LogP contribution is 2.30. The van der Waals surface area contributed by atoms with Crippen molar-refractivity contribution in [2.45, 2.75) is 39.7 Å². The molecule has 3 rings (SSSR count). The fraction of sp³-hybridized carbons (Fsp3) is 0.611. The summed E-state index contributed by atoms with van der Waals surface area (Å²) in [6.45, 7) is 8.38. The monoisotopic (exact) mass is 302 g/mol. The van der Waals surface area contributed by atoms with Crippen molar-refractivity contribution >= 4 is 11.6 Å². The lowest BCUT2D eigenvalue weighted by Gasteiger charge is -2.22. The molecule has 1 aromatic rings. The first kappa shape index (κ1) is 15.2. The third-order valence-corrected chi connectivity index (χ3v) is 4.43. The maximum absolute atomic E-state index is 12.4. The number of carbonyl (C=O) groups is 1. The third-order valence-electron chi connectivity index (χ3n) is 4.43. The summed E-state index contributed by atoms with van der Waals surface area (Å²) in [6.07, 6.45) is 3.15. The van der Waals surface area contributed by atoms with Crippen LogP contribution in [0.4, 0.5) is 5.69 Å². The molecule has 1 saturated heterocycles. The van der Waals surface area contributed by atoms with Gasteiger partial charge in [-0.15, -0.1) is 0 Å². The zero-order chi connectivity index (χ0) is 15.5. The molecule has 1 fully saturated rings. The Morgan fingerprint density at radius 2 is 2.00 bits per heavy atom. The van der Waals surface area contributed by atoms with E-state index in [1.54, 1.807) is 0 Å². The van der Waals surface area contributed by atoms with Crippen LogP contribution in [-0.2, 0) is 11.3 Å². The minimum atomic E-state index is 0.234. The van der Waals surface area contributed by atoms with Gasteiger partial charge in [0.15, 0.2) is 0 Å². The minimum absolute atomic E-state index is 0.234. The lowest BCUT2D eigenvalue weighted by molar-refractivity contribution is -0.132. The molecule has 4 nitrogen and oxygen atoms in total. The van der Waals surface area contributed by atoms with Crippen LogP contribution in [0.3, 0.4) is 0 Å². The van der Waals surface area contributed by atoms with Gasteiger partial charge in [-0.1, -0.05) is 13.8 Å². The minimum Gasteiger partial charge on any atom is -0.491 e. The van der Waals surface area contributed by atoms with E-state index in [1.807, 2.05) is 4.90 Å². The molecule has 0 atom stereocenters.